The van der Waals surface area contributed by atoms with Gasteiger partial charge in [0.15, 0.2) is 0 Å². The van der Waals surface area contributed by atoms with E-state index in [4.69, 9.17) is 5.11 Å². The van der Waals surface area contributed by atoms with Gasteiger partial charge in [0.05, 0.1) is 13.6 Å². The maximum Gasteiger partial charge on any atom is 0.372 e. The Hall–Kier alpha value is -0.730. The Balaban J connectivity index is 2.98. The van der Waals surface area contributed by atoms with Crippen LogP contribution < -0.4 is 5.56 Å². The number of hydrogen-bond acceptors (Lipinski definition) is 4. The molecule has 2 aromatic heterocycles. The van der Waals surface area contributed by atoms with Crippen molar-refractivity contribution < 1.29 is 9.90 Å². The van der Waals surface area contributed by atoms with Crippen LogP contribution in [0.4, 0.5) is 0 Å². The molecule has 0 bridgehead atoms. The summed E-state index contributed by atoms with van der Waals surface area (Å²) in [6.07, 6.45) is 0. The molecular weight excluding hydrogens is 376 g/mol. The number of fused-ring (bicyclic) bond motifs is 1. The number of hydrogen-bond donors (Lipinski definition) is 1. The lowest BCUT2D eigenvalue weighted by Gasteiger charge is -2.05. The summed E-state index contributed by atoms with van der Waals surface area (Å²) in [6.45, 7) is 1.97. The van der Waals surface area contributed by atoms with Gasteiger partial charge in [-0.25, -0.2) is 9.78 Å². The first-order valence-corrected chi connectivity index (χ1v) is 6.99. The van der Waals surface area contributed by atoms with Gasteiger partial charge in [0.25, 0.3) is 5.56 Å². The lowest BCUT2D eigenvalue weighted by molar-refractivity contribution is 0.0676. The van der Waals surface area contributed by atoms with E-state index in [0.29, 0.717) is 14.7 Å². The molecule has 5 nitrogen and oxygen atoms in total. The molecule has 0 fully saturated rings. The zero-order valence-electron chi connectivity index (χ0n) is 8.53. The van der Waals surface area contributed by atoms with E-state index in [0.717, 1.165) is 8.35 Å². The van der Waals surface area contributed by atoms with E-state index < -0.39 is 5.97 Å². The summed E-state index contributed by atoms with van der Waals surface area (Å²) in [4.78, 5) is 27.6. The van der Waals surface area contributed by atoms with Crippen molar-refractivity contribution in [3.8, 4) is 0 Å². The minimum atomic E-state index is -1.20. The lowest BCUT2D eigenvalue weighted by Crippen LogP contribution is -2.26. The molecular formula is C9H6Br2N2O3S. The van der Waals surface area contributed by atoms with Crippen LogP contribution in [0.25, 0.3) is 10.2 Å². The van der Waals surface area contributed by atoms with E-state index >= 15 is 0 Å². The Morgan fingerprint density at radius 3 is 2.71 bits per heavy atom. The van der Waals surface area contributed by atoms with Crippen molar-refractivity contribution >= 4 is 59.4 Å². The topological polar surface area (TPSA) is 72.2 Å². The molecule has 8 heteroatoms. The maximum absolute atomic E-state index is 12.1. The third-order valence-corrected chi connectivity index (χ3v) is 5.56. The van der Waals surface area contributed by atoms with Crippen LogP contribution in [0.2, 0.25) is 0 Å². The number of carboxylic acids is 1. The minimum absolute atomic E-state index is 0.230. The summed E-state index contributed by atoms with van der Waals surface area (Å²) in [6, 6.07) is 0. The highest BCUT2D eigenvalue weighted by molar-refractivity contribution is 9.13. The van der Waals surface area contributed by atoms with Crippen LogP contribution in [0.15, 0.2) is 13.1 Å². The fourth-order valence-corrected chi connectivity index (χ4v) is 3.66. The van der Waals surface area contributed by atoms with Gasteiger partial charge < -0.3 is 5.11 Å². The predicted octanol–water partition coefficient (Wildman–Crippen LogP) is 2.70. The third kappa shape index (κ3) is 1.94. The summed E-state index contributed by atoms with van der Waals surface area (Å²) in [5.41, 5.74) is -0.344. The van der Waals surface area contributed by atoms with E-state index in [-0.39, 0.29) is 17.9 Å². The number of carboxylic acid groups (broad SMARTS) is 1. The Morgan fingerprint density at radius 2 is 2.18 bits per heavy atom. The van der Waals surface area contributed by atoms with Gasteiger partial charge in [-0.15, -0.1) is 11.3 Å². The second-order valence-electron chi connectivity index (χ2n) is 3.16. The van der Waals surface area contributed by atoms with Crippen LogP contribution >= 0.6 is 43.2 Å². The van der Waals surface area contributed by atoms with Crippen LogP contribution in [0.1, 0.15) is 17.5 Å². The van der Waals surface area contributed by atoms with E-state index in [1.165, 1.54) is 11.3 Å². The number of thiophene rings is 1. The Morgan fingerprint density at radius 1 is 1.53 bits per heavy atom. The molecule has 0 unspecified atom stereocenters. The highest BCUT2D eigenvalue weighted by atomic mass is 79.9. The Labute approximate surface area is 116 Å². The standard InChI is InChI=1S/C9H6Br2N2O3S/c1-2-13-6(9(15)16)12-7-3(8(13)14)4(10)5(11)17-7/h2H2,1H3,(H,15,16). The van der Waals surface area contributed by atoms with Crippen molar-refractivity contribution in [3.05, 3.63) is 24.4 Å². The predicted molar refractivity (Wildman–Crippen MR) is 71.9 cm³/mol. The van der Waals surface area contributed by atoms with Crippen LogP contribution in [-0.2, 0) is 6.54 Å². The van der Waals surface area contributed by atoms with Gasteiger partial charge in [-0.1, -0.05) is 0 Å². The van der Waals surface area contributed by atoms with Crippen LogP contribution in [0.5, 0.6) is 0 Å². The Bertz CT molecular complexity index is 677. The van der Waals surface area contributed by atoms with Crippen molar-refractivity contribution in [2.45, 2.75) is 13.5 Å². The molecule has 0 radical (unpaired) electrons. The zero-order valence-corrected chi connectivity index (χ0v) is 12.5. The van der Waals surface area contributed by atoms with Crippen LogP contribution in [0.3, 0.4) is 0 Å². The highest BCUT2D eigenvalue weighted by Gasteiger charge is 2.20. The molecule has 2 heterocycles. The molecule has 0 spiro atoms. The number of aromatic carboxylic acids is 1. The summed E-state index contributed by atoms with van der Waals surface area (Å²) in [5.74, 6) is -1.43. The van der Waals surface area contributed by atoms with Crippen LogP contribution in [0, 0.1) is 0 Å². The Kier molecular flexibility index (Phi) is 3.37. The summed E-state index contributed by atoms with van der Waals surface area (Å²) < 4.78 is 2.49. The maximum atomic E-state index is 12.1. The molecule has 0 aliphatic rings. The van der Waals surface area contributed by atoms with Crippen LogP contribution in [-0.4, -0.2) is 20.6 Å². The minimum Gasteiger partial charge on any atom is -0.475 e. The van der Waals surface area contributed by atoms with Crippen molar-refractivity contribution in [3.63, 3.8) is 0 Å². The van der Waals surface area contributed by atoms with Crippen molar-refractivity contribution in [2.24, 2.45) is 0 Å². The number of aromatic nitrogens is 2. The number of halogens is 2. The van der Waals surface area contributed by atoms with Crippen molar-refractivity contribution in [1.82, 2.24) is 9.55 Å². The van der Waals surface area contributed by atoms with E-state index in [9.17, 15) is 9.59 Å². The molecule has 0 atom stereocenters. The molecule has 0 saturated carbocycles. The quantitative estimate of drug-likeness (QED) is 0.867. The normalized spacial score (nSPS) is 11.0. The smallest absolute Gasteiger partial charge is 0.372 e. The highest BCUT2D eigenvalue weighted by Crippen LogP contribution is 2.36. The molecule has 2 aromatic rings. The van der Waals surface area contributed by atoms with E-state index in [2.05, 4.69) is 36.8 Å². The van der Waals surface area contributed by atoms with Gasteiger partial charge in [0.2, 0.25) is 5.82 Å². The fraction of sp³-hybridized carbons (Fsp3) is 0.222. The summed E-state index contributed by atoms with van der Waals surface area (Å²) in [5, 5.41) is 9.43. The molecule has 2 rings (SSSR count). The van der Waals surface area contributed by atoms with Gasteiger partial charge in [-0.3, -0.25) is 9.36 Å². The van der Waals surface area contributed by atoms with E-state index in [1.807, 2.05) is 0 Å². The third-order valence-electron chi connectivity index (χ3n) is 2.22. The van der Waals surface area contributed by atoms with Gasteiger partial charge in [0, 0.05) is 6.54 Å². The molecule has 0 aliphatic carbocycles. The molecule has 0 aromatic carbocycles. The van der Waals surface area contributed by atoms with Gasteiger partial charge >= 0.3 is 5.97 Å². The van der Waals surface area contributed by atoms with E-state index in [1.54, 1.807) is 6.92 Å². The number of carbonyl (C=O) groups is 1. The molecule has 0 saturated heterocycles. The van der Waals surface area contributed by atoms with Gasteiger partial charge in [-0.05, 0) is 38.8 Å². The monoisotopic (exact) mass is 380 g/mol. The average Bonchev–Trinajstić information content (AvgIpc) is 2.54. The molecule has 0 aliphatic heterocycles. The lowest BCUT2D eigenvalue weighted by atomic mass is 10.4. The first-order valence-electron chi connectivity index (χ1n) is 4.59. The second-order valence-corrected chi connectivity index (χ2v) is 6.27. The first kappa shape index (κ1) is 12.7. The molecule has 1 N–H and O–H groups in total. The van der Waals surface area contributed by atoms with Crippen molar-refractivity contribution in [2.75, 3.05) is 0 Å². The SMILES string of the molecule is CCn1c(C(=O)O)nc2sc(Br)c(Br)c2c1=O. The number of rotatable bonds is 2. The summed E-state index contributed by atoms with van der Waals surface area (Å²) in [7, 11) is 0. The van der Waals surface area contributed by atoms with Crippen molar-refractivity contribution in [1.29, 1.82) is 0 Å². The molecule has 90 valence electrons. The average molecular weight is 382 g/mol. The zero-order chi connectivity index (χ0) is 12.7. The molecule has 17 heavy (non-hydrogen) atoms. The molecule has 0 amide bonds. The largest absolute Gasteiger partial charge is 0.475 e. The first-order chi connectivity index (χ1) is 7.97. The fourth-order valence-electron chi connectivity index (χ4n) is 1.48. The van der Waals surface area contributed by atoms with Gasteiger partial charge in [-0.2, -0.15) is 0 Å². The summed E-state index contributed by atoms with van der Waals surface area (Å²) >= 11 is 7.80. The number of nitrogens with zero attached hydrogens (tertiary/aromatic N) is 2. The van der Waals surface area contributed by atoms with Gasteiger partial charge in [0.1, 0.15) is 4.83 Å². The second kappa shape index (κ2) is 4.51.